The Labute approximate surface area is 77.3 Å². The lowest BCUT2D eigenvalue weighted by Crippen LogP contribution is -2.34. The van der Waals surface area contributed by atoms with E-state index in [-0.39, 0.29) is 9.90 Å². The first-order valence-electron chi connectivity index (χ1n) is 2.61. The maximum absolute atomic E-state index is 9.86. The van der Waals surface area contributed by atoms with Gasteiger partial charge in [0.1, 0.15) is 0 Å². The van der Waals surface area contributed by atoms with Crippen LogP contribution in [0.5, 0.6) is 0 Å². The zero-order valence-electron chi connectivity index (χ0n) is 6.36. The van der Waals surface area contributed by atoms with Crippen molar-refractivity contribution in [3.05, 3.63) is 0 Å². The molecule has 0 rings (SSSR count). The highest BCUT2D eigenvalue weighted by molar-refractivity contribution is 7.80. The molecule has 0 aliphatic heterocycles. The predicted molar refractivity (Wildman–Crippen MR) is 43.7 cm³/mol. The molecule has 0 heterocycles. The van der Waals surface area contributed by atoms with Crippen molar-refractivity contribution in [3.63, 3.8) is 0 Å². The van der Waals surface area contributed by atoms with E-state index in [1.807, 2.05) is 0 Å². The minimum Gasteiger partial charge on any atom is -0.367 e. The summed E-state index contributed by atoms with van der Waals surface area (Å²) in [6.07, 6.45) is -3.44. The molecule has 0 saturated heterocycles. The normalized spacial score (nSPS) is 14.8. The molecule has 0 spiro atoms. The van der Waals surface area contributed by atoms with Crippen molar-refractivity contribution in [2.75, 3.05) is 0 Å². The summed E-state index contributed by atoms with van der Waals surface area (Å²) in [5.74, 6) is -3.26. The van der Waals surface area contributed by atoms with Crippen molar-refractivity contribution in [1.29, 1.82) is 0 Å². The summed E-state index contributed by atoms with van der Waals surface area (Å²) < 4.78 is 31.1. The van der Waals surface area contributed by atoms with E-state index in [0.717, 1.165) is 0 Å². The molecular formula is C3H11O8PS. The molecule has 2 unspecified atom stereocenters. The molecule has 13 heavy (non-hydrogen) atoms. The molecule has 2 atom stereocenters. The monoisotopic (exact) mass is 238 g/mol. The van der Waals surface area contributed by atoms with Gasteiger partial charge in [-0.2, -0.15) is 18.3 Å². The third-order valence-electron chi connectivity index (χ3n) is 0.681. The minimum atomic E-state index is -4.88. The molecule has 0 radical (unpaired) electrons. The maximum Gasteiger partial charge on any atom is 0.399 e. The largest absolute Gasteiger partial charge is 0.399 e. The van der Waals surface area contributed by atoms with Crippen LogP contribution in [-0.4, -0.2) is 45.7 Å². The van der Waals surface area contributed by atoms with Crippen LogP contribution in [0.4, 0.5) is 0 Å². The molecule has 0 fully saturated rings. The molecule has 0 aliphatic rings. The highest BCUT2D eigenvalue weighted by Crippen LogP contribution is 2.07. The van der Waals surface area contributed by atoms with E-state index in [4.69, 9.17) is 25.0 Å². The molecule has 0 aliphatic carbocycles. The molecule has 5 N–H and O–H groups in total. The van der Waals surface area contributed by atoms with E-state index in [0.29, 0.717) is 0 Å². The van der Waals surface area contributed by atoms with Gasteiger partial charge in [0.15, 0.2) is 6.29 Å². The average molecular weight is 238 g/mol. The molecule has 0 amide bonds. The van der Waals surface area contributed by atoms with Gasteiger partial charge in [0.2, 0.25) is 0 Å². The van der Waals surface area contributed by atoms with Crippen LogP contribution in [0, 0.1) is 0 Å². The van der Waals surface area contributed by atoms with Crippen LogP contribution in [-0.2, 0) is 14.6 Å². The second-order valence-electron chi connectivity index (χ2n) is 1.96. The Morgan fingerprint density at radius 3 is 1.92 bits per heavy atom. The Bertz CT molecular complexity index is 228. The van der Waals surface area contributed by atoms with E-state index in [1.165, 1.54) is 0 Å². The van der Waals surface area contributed by atoms with Gasteiger partial charge in [-0.05, 0) is 0 Å². The summed E-state index contributed by atoms with van der Waals surface area (Å²) in [7, 11) is -4.88. The summed E-state index contributed by atoms with van der Waals surface area (Å²) in [6, 6.07) is 0. The van der Waals surface area contributed by atoms with E-state index in [1.54, 1.807) is 0 Å². The van der Waals surface area contributed by atoms with Crippen molar-refractivity contribution in [2.24, 2.45) is 0 Å². The standard InChI is InChI=1S/C3H8O8S.H3P/c4-2(1-3(5,6)7)11-12(8,9)10;/h2,4-7H,1H2,(H,8,9,10);1H3. The summed E-state index contributed by atoms with van der Waals surface area (Å²) in [5.41, 5.74) is 0. The third-order valence-corrected chi connectivity index (χ3v) is 1.15. The molecule has 0 saturated carbocycles. The second kappa shape index (κ2) is 5.13. The molecule has 8 nitrogen and oxygen atoms in total. The number of hydrogen-bond donors (Lipinski definition) is 5. The minimum absolute atomic E-state index is 0. The SMILES string of the molecule is O=S(=O)(O)OC(O)CC(O)(O)O.P. The number of aliphatic hydroxyl groups is 4. The van der Waals surface area contributed by atoms with Crippen LogP contribution in [0.1, 0.15) is 6.42 Å². The van der Waals surface area contributed by atoms with Gasteiger partial charge < -0.3 is 20.4 Å². The van der Waals surface area contributed by atoms with Crippen molar-refractivity contribution in [1.82, 2.24) is 0 Å². The van der Waals surface area contributed by atoms with Crippen LogP contribution < -0.4 is 0 Å². The first-order valence-corrected chi connectivity index (χ1v) is 3.97. The Morgan fingerprint density at radius 2 is 1.69 bits per heavy atom. The van der Waals surface area contributed by atoms with Gasteiger partial charge in [-0.25, -0.2) is 4.18 Å². The molecule has 0 bridgehead atoms. The molecule has 10 heteroatoms. The topological polar surface area (TPSA) is 145 Å². The quantitative estimate of drug-likeness (QED) is 0.201. The van der Waals surface area contributed by atoms with Crippen LogP contribution in [0.25, 0.3) is 0 Å². The van der Waals surface area contributed by atoms with Gasteiger partial charge in [-0.1, -0.05) is 0 Å². The zero-order chi connectivity index (χ0) is 9.99. The van der Waals surface area contributed by atoms with Crippen molar-refractivity contribution in [3.8, 4) is 0 Å². The Hall–Kier alpha value is 0.140. The average Bonchev–Trinajstić information content (AvgIpc) is 1.49. The fourth-order valence-electron chi connectivity index (χ4n) is 0.409. The van der Waals surface area contributed by atoms with E-state index >= 15 is 0 Å². The van der Waals surface area contributed by atoms with Gasteiger partial charge in [0.25, 0.3) is 5.97 Å². The van der Waals surface area contributed by atoms with Crippen molar-refractivity contribution >= 4 is 20.3 Å². The van der Waals surface area contributed by atoms with Crippen LogP contribution in [0.15, 0.2) is 0 Å². The predicted octanol–water partition coefficient (Wildman–Crippen LogP) is -2.80. The summed E-state index contributed by atoms with van der Waals surface area (Å²) in [6.45, 7) is 0. The lowest BCUT2D eigenvalue weighted by atomic mass is 10.4. The summed E-state index contributed by atoms with van der Waals surface area (Å²) >= 11 is 0. The molecule has 0 aromatic heterocycles. The third kappa shape index (κ3) is 12.1. The fraction of sp³-hybridized carbons (Fsp3) is 1.00. The highest BCUT2D eigenvalue weighted by atomic mass is 32.3. The molecule has 0 aromatic carbocycles. The Balaban J connectivity index is 0. The van der Waals surface area contributed by atoms with Gasteiger partial charge in [0.05, 0.1) is 6.42 Å². The second-order valence-corrected chi connectivity index (χ2v) is 3.00. The van der Waals surface area contributed by atoms with Crippen LogP contribution in [0.3, 0.4) is 0 Å². The van der Waals surface area contributed by atoms with E-state index in [9.17, 15) is 8.42 Å². The maximum atomic E-state index is 9.86. The summed E-state index contributed by atoms with van der Waals surface area (Å²) in [4.78, 5) is 0. The van der Waals surface area contributed by atoms with Crippen LogP contribution in [0.2, 0.25) is 0 Å². The lowest BCUT2D eigenvalue weighted by Gasteiger charge is -2.16. The lowest BCUT2D eigenvalue weighted by molar-refractivity contribution is -0.331. The number of rotatable bonds is 4. The summed E-state index contributed by atoms with van der Waals surface area (Å²) in [5, 5.41) is 33.0. The smallest absolute Gasteiger partial charge is 0.367 e. The Morgan fingerprint density at radius 1 is 1.31 bits per heavy atom. The van der Waals surface area contributed by atoms with E-state index in [2.05, 4.69) is 4.18 Å². The van der Waals surface area contributed by atoms with Crippen LogP contribution >= 0.6 is 9.90 Å². The van der Waals surface area contributed by atoms with Gasteiger partial charge in [-0.3, -0.25) is 4.55 Å². The molecular weight excluding hydrogens is 227 g/mol. The van der Waals surface area contributed by atoms with Gasteiger partial charge >= 0.3 is 10.4 Å². The van der Waals surface area contributed by atoms with E-state index < -0.39 is 29.1 Å². The van der Waals surface area contributed by atoms with Crippen molar-refractivity contribution < 1.29 is 37.6 Å². The first-order chi connectivity index (χ1) is 5.10. The molecule has 82 valence electrons. The molecule has 0 aromatic rings. The van der Waals surface area contributed by atoms with Gasteiger partial charge in [0, 0.05) is 0 Å². The van der Waals surface area contributed by atoms with Crippen molar-refractivity contribution in [2.45, 2.75) is 18.7 Å². The Kier molecular flexibility index (Phi) is 6.16. The van der Waals surface area contributed by atoms with Gasteiger partial charge in [-0.15, -0.1) is 0 Å². The zero-order valence-corrected chi connectivity index (χ0v) is 8.59. The first kappa shape index (κ1) is 15.6. The fourth-order valence-corrected chi connectivity index (χ4v) is 0.757. The highest BCUT2D eigenvalue weighted by Gasteiger charge is 2.26. The number of aliphatic hydroxyl groups excluding tert-OH is 1. The number of hydrogen-bond acceptors (Lipinski definition) is 7.